The Morgan fingerprint density at radius 1 is 1.48 bits per heavy atom. The number of benzene rings is 1. The van der Waals surface area contributed by atoms with Crippen LogP contribution in [0.2, 0.25) is 0 Å². The third-order valence-electron chi connectivity index (χ3n) is 3.88. The van der Waals surface area contributed by atoms with Crippen molar-refractivity contribution in [3.63, 3.8) is 0 Å². The van der Waals surface area contributed by atoms with Gasteiger partial charge in [0, 0.05) is 19.2 Å². The highest BCUT2D eigenvalue weighted by molar-refractivity contribution is 5.95. The van der Waals surface area contributed by atoms with Gasteiger partial charge in [-0.1, -0.05) is 6.07 Å². The number of nitrogens with one attached hydrogen (secondary N) is 2. The van der Waals surface area contributed by atoms with E-state index in [0.29, 0.717) is 0 Å². The molecule has 1 aliphatic carbocycles. The van der Waals surface area contributed by atoms with E-state index in [4.69, 9.17) is 9.47 Å². The first-order chi connectivity index (χ1) is 10.2. The molecule has 1 heterocycles. The maximum absolute atomic E-state index is 11.3. The number of ether oxygens (including phenoxy) is 2. The van der Waals surface area contributed by atoms with E-state index < -0.39 is 0 Å². The lowest BCUT2D eigenvalue weighted by Gasteiger charge is -2.21. The zero-order chi connectivity index (χ0) is 14.7. The number of rotatable bonds is 7. The van der Waals surface area contributed by atoms with Crippen LogP contribution in [0, 0.1) is 5.92 Å². The molecule has 0 radical (unpaired) electrons. The van der Waals surface area contributed by atoms with Crippen molar-refractivity contribution in [1.29, 1.82) is 0 Å². The summed E-state index contributed by atoms with van der Waals surface area (Å²) in [4.78, 5) is 11.3. The van der Waals surface area contributed by atoms with E-state index in [1.807, 2.05) is 18.2 Å². The van der Waals surface area contributed by atoms with E-state index >= 15 is 0 Å². The van der Waals surface area contributed by atoms with Crippen LogP contribution in [0.4, 0.5) is 5.69 Å². The van der Waals surface area contributed by atoms with Crippen LogP contribution in [0.3, 0.4) is 0 Å². The number of anilines is 1. The van der Waals surface area contributed by atoms with E-state index in [9.17, 15) is 4.79 Å². The Labute approximate surface area is 125 Å². The van der Waals surface area contributed by atoms with Crippen molar-refractivity contribution in [2.24, 2.45) is 5.92 Å². The lowest BCUT2D eigenvalue weighted by atomic mass is 10.1. The Kier molecular flexibility index (Phi) is 4.41. The van der Waals surface area contributed by atoms with E-state index in [1.165, 1.54) is 12.8 Å². The largest absolute Gasteiger partial charge is 0.482 e. The van der Waals surface area contributed by atoms with Crippen LogP contribution in [-0.2, 0) is 9.53 Å². The highest BCUT2D eigenvalue weighted by Gasteiger charge is 2.21. The molecule has 1 fully saturated rings. The molecule has 3 rings (SSSR count). The third kappa shape index (κ3) is 3.95. The molecule has 1 aliphatic heterocycles. The minimum absolute atomic E-state index is 0.0957. The van der Waals surface area contributed by atoms with Gasteiger partial charge in [0.05, 0.1) is 12.3 Å². The molecule has 0 aromatic heterocycles. The van der Waals surface area contributed by atoms with Gasteiger partial charge in [0.1, 0.15) is 5.75 Å². The van der Waals surface area contributed by atoms with Crippen molar-refractivity contribution in [1.82, 2.24) is 5.32 Å². The van der Waals surface area contributed by atoms with Gasteiger partial charge < -0.3 is 20.1 Å². The molecule has 21 heavy (non-hydrogen) atoms. The molecule has 1 amide bonds. The first kappa shape index (κ1) is 14.4. The van der Waals surface area contributed by atoms with Gasteiger partial charge in [-0.3, -0.25) is 4.79 Å². The summed E-state index contributed by atoms with van der Waals surface area (Å²) in [6.45, 7) is 4.67. The monoisotopic (exact) mass is 290 g/mol. The number of carbonyl (C=O) groups excluding carboxylic acids is 1. The predicted octanol–water partition coefficient (Wildman–Crippen LogP) is 2.09. The molecule has 0 spiro atoms. The lowest BCUT2D eigenvalue weighted by Crippen LogP contribution is -2.26. The van der Waals surface area contributed by atoms with Crippen molar-refractivity contribution >= 4 is 11.6 Å². The van der Waals surface area contributed by atoms with Crippen LogP contribution in [-0.4, -0.2) is 32.3 Å². The standard InChI is InChI=1S/C16H22N2O3/c1-11(17-6-7-20-9-12-2-3-12)13-4-5-15-14(8-13)18-16(19)10-21-15/h4-5,8,11-12,17H,2-3,6-7,9-10H2,1H3,(H,18,19). The first-order valence-corrected chi connectivity index (χ1v) is 7.60. The van der Waals surface area contributed by atoms with E-state index in [1.54, 1.807) is 0 Å². The molecule has 5 heteroatoms. The second-order valence-electron chi connectivity index (χ2n) is 5.79. The Morgan fingerprint density at radius 3 is 3.14 bits per heavy atom. The summed E-state index contributed by atoms with van der Waals surface area (Å²) < 4.78 is 11.0. The smallest absolute Gasteiger partial charge is 0.262 e. The third-order valence-corrected chi connectivity index (χ3v) is 3.88. The fourth-order valence-electron chi connectivity index (χ4n) is 2.37. The maximum Gasteiger partial charge on any atom is 0.262 e. The summed E-state index contributed by atoms with van der Waals surface area (Å²) in [5, 5.41) is 6.27. The van der Waals surface area contributed by atoms with Crippen LogP contribution < -0.4 is 15.4 Å². The molecule has 1 saturated carbocycles. The van der Waals surface area contributed by atoms with Crippen LogP contribution in [0.25, 0.3) is 0 Å². The number of fused-ring (bicyclic) bond motifs is 1. The van der Waals surface area contributed by atoms with Crippen molar-refractivity contribution in [2.45, 2.75) is 25.8 Å². The fraction of sp³-hybridized carbons (Fsp3) is 0.562. The van der Waals surface area contributed by atoms with E-state index in [0.717, 1.165) is 42.7 Å². The number of hydrogen-bond acceptors (Lipinski definition) is 4. The van der Waals surface area contributed by atoms with Gasteiger partial charge >= 0.3 is 0 Å². The van der Waals surface area contributed by atoms with Gasteiger partial charge in [-0.2, -0.15) is 0 Å². The molecule has 5 nitrogen and oxygen atoms in total. The molecule has 114 valence electrons. The van der Waals surface area contributed by atoms with Crippen LogP contribution >= 0.6 is 0 Å². The van der Waals surface area contributed by atoms with Crippen LogP contribution in [0.15, 0.2) is 18.2 Å². The Hall–Kier alpha value is -1.59. The summed E-state index contributed by atoms with van der Waals surface area (Å²) >= 11 is 0. The molecule has 1 unspecified atom stereocenters. The second-order valence-corrected chi connectivity index (χ2v) is 5.79. The lowest BCUT2D eigenvalue weighted by molar-refractivity contribution is -0.118. The van der Waals surface area contributed by atoms with Gasteiger partial charge in [0.15, 0.2) is 6.61 Å². The molecule has 0 saturated heterocycles. The van der Waals surface area contributed by atoms with Crippen LogP contribution in [0.5, 0.6) is 5.75 Å². The zero-order valence-corrected chi connectivity index (χ0v) is 12.4. The number of amides is 1. The fourth-order valence-corrected chi connectivity index (χ4v) is 2.37. The molecule has 1 aromatic rings. The second kappa shape index (κ2) is 6.45. The van der Waals surface area contributed by atoms with E-state index in [2.05, 4.69) is 17.6 Å². The van der Waals surface area contributed by atoms with Crippen molar-refractivity contribution in [3.8, 4) is 5.75 Å². The van der Waals surface area contributed by atoms with Gasteiger partial charge in [-0.15, -0.1) is 0 Å². The summed E-state index contributed by atoms with van der Waals surface area (Å²) in [5.74, 6) is 1.44. The quantitative estimate of drug-likeness (QED) is 0.755. The van der Waals surface area contributed by atoms with Gasteiger partial charge in [-0.25, -0.2) is 0 Å². The van der Waals surface area contributed by atoms with Crippen LogP contribution in [0.1, 0.15) is 31.4 Å². The van der Waals surface area contributed by atoms with Gasteiger partial charge in [-0.05, 0) is 43.4 Å². The SMILES string of the molecule is CC(NCCOCC1CC1)c1ccc2c(c1)NC(=O)CO2. The molecular formula is C16H22N2O3. The topological polar surface area (TPSA) is 59.6 Å². The average Bonchev–Trinajstić information content (AvgIpc) is 3.30. The summed E-state index contributed by atoms with van der Waals surface area (Å²) in [6, 6.07) is 6.11. The Balaban J connectivity index is 1.48. The minimum Gasteiger partial charge on any atom is -0.482 e. The molecular weight excluding hydrogens is 268 g/mol. The van der Waals surface area contributed by atoms with Gasteiger partial charge in [0.2, 0.25) is 0 Å². The Bertz CT molecular complexity index is 514. The molecule has 0 bridgehead atoms. The van der Waals surface area contributed by atoms with Crippen molar-refractivity contribution in [3.05, 3.63) is 23.8 Å². The first-order valence-electron chi connectivity index (χ1n) is 7.60. The molecule has 1 aromatic carbocycles. The van der Waals surface area contributed by atoms with Crippen molar-refractivity contribution in [2.75, 3.05) is 31.7 Å². The average molecular weight is 290 g/mol. The number of carbonyl (C=O) groups is 1. The minimum atomic E-state index is -0.103. The summed E-state index contributed by atoms with van der Waals surface area (Å²) in [5.41, 5.74) is 1.88. The summed E-state index contributed by atoms with van der Waals surface area (Å²) in [6.07, 6.45) is 2.65. The number of hydrogen-bond donors (Lipinski definition) is 2. The van der Waals surface area contributed by atoms with E-state index in [-0.39, 0.29) is 18.6 Å². The Morgan fingerprint density at radius 2 is 2.33 bits per heavy atom. The molecule has 2 N–H and O–H groups in total. The summed E-state index contributed by atoms with van der Waals surface area (Å²) in [7, 11) is 0. The maximum atomic E-state index is 11.3. The predicted molar refractivity (Wildman–Crippen MR) is 80.5 cm³/mol. The zero-order valence-electron chi connectivity index (χ0n) is 12.4. The highest BCUT2D eigenvalue weighted by Crippen LogP contribution is 2.30. The normalized spacial score (nSPS) is 18.6. The van der Waals surface area contributed by atoms with Crippen molar-refractivity contribution < 1.29 is 14.3 Å². The highest BCUT2D eigenvalue weighted by atomic mass is 16.5. The molecule has 2 aliphatic rings. The molecule has 1 atom stereocenters. The van der Waals surface area contributed by atoms with Gasteiger partial charge in [0.25, 0.3) is 5.91 Å².